The summed E-state index contributed by atoms with van der Waals surface area (Å²) in [5.41, 5.74) is 9.69. The highest BCUT2D eigenvalue weighted by atomic mass is 16.1. The van der Waals surface area contributed by atoms with Gasteiger partial charge in [0.15, 0.2) is 5.82 Å². The quantitative estimate of drug-likeness (QED) is 0.445. The molecule has 34 heavy (non-hydrogen) atoms. The molecule has 0 atom stereocenters. The van der Waals surface area contributed by atoms with Gasteiger partial charge < -0.3 is 15.5 Å². The first kappa shape index (κ1) is 21.1. The predicted octanol–water partition coefficient (Wildman–Crippen LogP) is 1.22. The third-order valence-corrected chi connectivity index (χ3v) is 5.90. The number of nitrogens with zero attached hydrogens (tertiary/aromatic N) is 9. The van der Waals surface area contributed by atoms with E-state index >= 15 is 0 Å². The number of aryl methyl sites for hydroxylation is 1. The van der Waals surface area contributed by atoms with Crippen molar-refractivity contribution in [2.24, 2.45) is 12.8 Å². The summed E-state index contributed by atoms with van der Waals surface area (Å²) in [6, 6.07) is 5.89. The standard InChI is InChI=1S/C23H22N10O/c1-15(22(25)34)19-4-3-18(12-26-19)31-5-7-32(8-6-31)23-21-16(9-24)10-28-33(21)14-20(29-23)17-11-27-30(2)13-17/h3-4,10-14H,1,5-8H2,2H3,(H2,25,34). The van der Waals surface area contributed by atoms with Crippen LogP contribution in [0.5, 0.6) is 0 Å². The van der Waals surface area contributed by atoms with Gasteiger partial charge in [-0.3, -0.25) is 14.5 Å². The molecule has 1 amide bonds. The molecule has 0 spiro atoms. The van der Waals surface area contributed by atoms with E-state index in [9.17, 15) is 10.1 Å². The molecule has 170 valence electrons. The van der Waals surface area contributed by atoms with Crippen LogP contribution in [-0.4, -0.2) is 61.4 Å². The van der Waals surface area contributed by atoms with Crippen molar-refractivity contribution in [1.82, 2.24) is 29.4 Å². The second-order valence-electron chi connectivity index (χ2n) is 8.03. The third-order valence-electron chi connectivity index (χ3n) is 5.90. The van der Waals surface area contributed by atoms with E-state index in [1.807, 2.05) is 25.5 Å². The van der Waals surface area contributed by atoms with Crippen LogP contribution in [-0.2, 0) is 11.8 Å². The average molecular weight is 454 g/mol. The summed E-state index contributed by atoms with van der Waals surface area (Å²) in [7, 11) is 1.86. The predicted molar refractivity (Wildman–Crippen MR) is 127 cm³/mol. The number of aromatic nitrogens is 6. The number of primary amides is 1. The van der Waals surface area contributed by atoms with E-state index < -0.39 is 5.91 Å². The minimum absolute atomic E-state index is 0.189. The Balaban J connectivity index is 1.41. The van der Waals surface area contributed by atoms with E-state index in [1.165, 1.54) is 0 Å². The molecule has 1 fully saturated rings. The summed E-state index contributed by atoms with van der Waals surface area (Å²) in [6.07, 6.45) is 8.77. The van der Waals surface area contributed by atoms with Crippen molar-refractivity contribution < 1.29 is 4.79 Å². The Morgan fingerprint density at radius 3 is 2.47 bits per heavy atom. The van der Waals surface area contributed by atoms with E-state index in [0.29, 0.717) is 29.9 Å². The second-order valence-corrected chi connectivity index (χ2v) is 8.03. The van der Waals surface area contributed by atoms with Crippen molar-refractivity contribution in [3.63, 3.8) is 0 Å². The molecule has 5 heterocycles. The molecule has 11 heteroatoms. The Morgan fingerprint density at radius 2 is 1.85 bits per heavy atom. The summed E-state index contributed by atoms with van der Waals surface area (Å²) in [6.45, 7) is 6.54. The van der Waals surface area contributed by atoms with Crippen LogP contribution in [0.1, 0.15) is 11.3 Å². The fraction of sp³-hybridized carbons (Fsp3) is 0.217. The number of carbonyl (C=O) groups excluding carboxylic acids is 1. The molecule has 0 aliphatic carbocycles. The lowest BCUT2D eigenvalue weighted by atomic mass is 10.1. The monoisotopic (exact) mass is 454 g/mol. The topological polar surface area (TPSA) is 134 Å². The Labute approximate surface area is 195 Å². The Kier molecular flexibility index (Phi) is 5.18. The smallest absolute Gasteiger partial charge is 0.250 e. The van der Waals surface area contributed by atoms with Crippen LogP contribution in [0.25, 0.3) is 22.3 Å². The van der Waals surface area contributed by atoms with Gasteiger partial charge in [-0.15, -0.1) is 0 Å². The van der Waals surface area contributed by atoms with Crippen LogP contribution in [0.3, 0.4) is 0 Å². The SMILES string of the molecule is C=C(C(N)=O)c1ccc(N2CCN(c3nc(-c4cnn(C)c4)cn4ncc(C#N)c34)CC2)cn1. The van der Waals surface area contributed by atoms with Crippen LogP contribution in [0.2, 0.25) is 0 Å². The van der Waals surface area contributed by atoms with Gasteiger partial charge in [0.1, 0.15) is 17.1 Å². The zero-order valence-electron chi connectivity index (χ0n) is 18.6. The van der Waals surface area contributed by atoms with Gasteiger partial charge in [-0.2, -0.15) is 15.5 Å². The van der Waals surface area contributed by atoms with Gasteiger partial charge in [0.25, 0.3) is 0 Å². The highest BCUT2D eigenvalue weighted by Gasteiger charge is 2.24. The van der Waals surface area contributed by atoms with Crippen LogP contribution in [0.15, 0.2) is 49.7 Å². The maximum atomic E-state index is 11.3. The zero-order chi connectivity index (χ0) is 23.8. The lowest BCUT2D eigenvalue weighted by molar-refractivity contribution is -0.112. The van der Waals surface area contributed by atoms with Crippen molar-refractivity contribution in [2.75, 3.05) is 36.0 Å². The number of pyridine rings is 1. The first-order chi connectivity index (χ1) is 16.4. The number of hydrogen-bond acceptors (Lipinski definition) is 8. The van der Waals surface area contributed by atoms with Crippen LogP contribution in [0.4, 0.5) is 11.5 Å². The van der Waals surface area contributed by atoms with Gasteiger partial charge >= 0.3 is 0 Å². The maximum Gasteiger partial charge on any atom is 0.250 e. The fourth-order valence-electron chi connectivity index (χ4n) is 4.04. The molecule has 1 aliphatic heterocycles. The van der Waals surface area contributed by atoms with Crippen molar-refractivity contribution in [3.05, 3.63) is 61.0 Å². The highest BCUT2D eigenvalue weighted by Crippen LogP contribution is 2.28. The van der Waals surface area contributed by atoms with Crippen LogP contribution < -0.4 is 15.5 Å². The van der Waals surface area contributed by atoms with Crippen LogP contribution >= 0.6 is 0 Å². The molecule has 2 N–H and O–H groups in total. The number of carbonyl (C=O) groups is 1. The number of nitrogens with two attached hydrogens (primary N) is 1. The van der Waals surface area contributed by atoms with Crippen molar-refractivity contribution in [1.29, 1.82) is 5.26 Å². The van der Waals surface area contributed by atoms with E-state index in [1.54, 1.807) is 33.9 Å². The van der Waals surface area contributed by atoms with Gasteiger partial charge in [-0.1, -0.05) is 6.58 Å². The number of amides is 1. The molecule has 0 unspecified atom stereocenters. The summed E-state index contributed by atoms with van der Waals surface area (Å²) in [5.74, 6) is 0.138. The summed E-state index contributed by atoms with van der Waals surface area (Å²) < 4.78 is 3.44. The maximum absolute atomic E-state index is 11.3. The lowest BCUT2D eigenvalue weighted by Gasteiger charge is -2.37. The fourth-order valence-corrected chi connectivity index (χ4v) is 4.04. The second kappa shape index (κ2) is 8.32. The normalized spacial score (nSPS) is 13.8. The first-order valence-corrected chi connectivity index (χ1v) is 10.7. The first-order valence-electron chi connectivity index (χ1n) is 10.7. The number of fused-ring (bicyclic) bond motifs is 1. The van der Waals surface area contributed by atoms with E-state index in [0.717, 1.165) is 35.9 Å². The Morgan fingerprint density at radius 1 is 1.09 bits per heavy atom. The van der Waals surface area contributed by atoms with Gasteiger partial charge in [-0.25, -0.2) is 9.50 Å². The number of rotatable bonds is 5. The molecule has 5 rings (SSSR count). The number of anilines is 2. The van der Waals surface area contributed by atoms with Gasteiger partial charge in [-0.05, 0) is 12.1 Å². The average Bonchev–Trinajstić information content (AvgIpc) is 3.49. The molecular formula is C23H22N10O. The van der Waals surface area contributed by atoms with E-state index in [2.05, 4.69) is 37.6 Å². The molecule has 4 aromatic rings. The van der Waals surface area contributed by atoms with Crippen molar-refractivity contribution in [2.45, 2.75) is 0 Å². The lowest BCUT2D eigenvalue weighted by Crippen LogP contribution is -2.47. The number of nitriles is 1. The molecule has 1 saturated heterocycles. The Hall–Kier alpha value is -4.72. The van der Waals surface area contributed by atoms with E-state index in [4.69, 9.17) is 10.7 Å². The molecule has 0 radical (unpaired) electrons. The Bertz CT molecular complexity index is 1430. The molecule has 1 aliphatic rings. The van der Waals surface area contributed by atoms with Gasteiger partial charge in [0.05, 0.1) is 47.4 Å². The minimum Gasteiger partial charge on any atom is -0.367 e. The summed E-state index contributed by atoms with van der Waals surface area (Å²) in [5, 5.41) is 18.2. The van der Waals surface area contributed by atoms with E-state index in [-0.39, 0.29) is 5.57 Å². The minimum atomic E-state index is -0.585. The molecular weight excluding hydrogens is 432 g/mol. The largest absolute Gasteiger partial charge is 0.367 e. The molecule has 0 bridgehead atoms. The van der Waals surface area contributed by atoms with Crippen LogP contribution in [0, 0.1) is 11.3 Å². The van der Waals surface area contributed by atoms with Crippen molar-refractivity contribution >= 4 is 28.5 Å². The van der Waals surface area contributed by atoms with Crippen molar-refractivity contribution in [3.8, 4) is 17.3 Å². The zero-order valence-corrected chi connectivity index (χ0v) is 18.6. The molecule has 0 saturated carbocycles. The molecule has 0 aromatic carbocycles. The van der Waals surface area contributed by atoms with Gasteiger partial charge in [0.2, 0.25) is 5.91 Å². The number of piperazine rings is 1. The summed E-state index contributed by atoms with van der Waals surface area (Å²) in [4.78, 5) is 24.9. The third kappa shape index (κ3) is 3.71. The summed E-state index contributed by atoms with van der Waals surface area (Å²) >= 11 is 0. The number of hydrogen-bond donors (Lipinski definition) is 1. The molecule has 4 aromatic heterocycles. The van der Waals surface area contributed by atoms with Gasteiger partial charge in [0, 0.05) is 45.0 Å². The highest BCUT2D eigenvalue weighted by molar-refractivity contribution is 6.17. The molecule has 11 nitrogen and oxygen atoms in total.